The van der Waals surface area contributed by atoms with Crippen LogP contribution in [0.2, 0.25) is 0 Å². The van der Waals surface area contributed by atoms with Gasteiger partial charge in [-0.1, -0.05) is 0 Å². The van der Waals surface area contributed by atoms with Crippen LogP contribution in [0.25, 0.3) is 17.2 Å². The predicted octanol–water partition coefficient (Wildman–Crippen LogP) is 1.83. The largest absolute Gasteiger partial charge is 0.369 e. The van der Waals surface area contributed by atoms with Crippen molar-refractivity contribution in [2.75, 3.05) is 18.0 Å². The lowest BCUT2D eigenvalue weighted by atomic mass is 9.97. The van der Waals surface area contributed by atoms with E-state index >= 15 is 0 Å². The molecule has 0 radical (unpaired) electrons. The summed E-state index contributed by atoms with van der Waals surface area (Å²) in [5.74, 6) is 0.479. The highest BCUT2D eigenvalue weighted by Crippen LogP contribution is 2.25. The smallest absolute Gasteiger partial charge is 0.281 e. The maximum absolute atomic E-state index is 13.0. The highest BCUT2D eigenvalue weighted by atomic mass is 19.3. The van der Waals surface area contributed by atoms with Crippen molar-refractivity contribution in [2.24, 2.45) is 11.7 Å². The summed E-state index contributed by atoms with van der Waals surface area (Å²) in [6, 6.07) is 1.75. The molecule has 0 saturated carbocycles. The molecule has 3 aromatic heterocycles. The summed E-state index contributed by atoms with van der Waals surface area (Å²) >= 11 is 0. The summed E-state index contributed by atoms with van der Waals surface area (Å²) in [6.45, 7) is 1.26. The van der Waals surface area contributed by atoms with Gasteiger partial charge >= 0.3 is 0 Å². The Bertz CT molecular complexity index is 990. The molecule has 3 aromatic rings. The van der Waals surface area contributed by atoms with Crippen LogP contribution in [0.3, 0.4) is 0 Å². The Balaban J connectivity index is 1.69. The second-order valence-corrected chi connectivity index (χ2v) is 6.41. The minimum absolute atomic E-state index is 0.215. The molecule has 1 aliphatic rings. The number of primary amides is 1. The summed E-state index contributed by atoms with van der Waals surface area (Å²) in [5, 5.41) is 0. The zero-order valence-electron chi connectivity index (χ0n) is 14.3. The van der Waals surface area contributed by atoms with Crippen LogP contribution in [-0.2, 0) is 4.79 Å². The quantitative estimate of drug-likeness (QED) is 0.748. The predicted molar refractivity (Wildman–Crippen MR) is 93.1 cm³/mol. The van der Waals surface area contributed by atoms with Gasteiger partial charge in [0.2, 0.25) is 5.91 Å². The monoisotopic (exact) mass is 373 g/mol. The average Bonchev–Trinajstić information content (AvgIpc) is 3.11. The number of nitrogens with two attached hydrogens (primary N) is 1. The first-order valence-electron chi connectivity index (χ1n) is 8.52. The van der Waals surface area contributed by atoms with E-state index in [-0.39, 0.29) is 17.5 Å². The lowest BCUT2D eigenvalue weighted by molar-refractivity contribution is -0.122. The Hall–Kier alpha value is -3.17. The van der Waals surface area contributed by atoms with E-state index in [1.807, 2.05) is 4.90 Å². The van der Waals surface area contributed by atoms with E-state index in [9.17, 15) is 13.6 Å². The first kappa shape index (κ1) is 17.3. The van der Waals surface area contributed by atoms with Crippen molar-refractivity contribution in [1.82, 2.24) is 24.3 Å². The first-order chi connectivity index (χ1) is 13.0. The molecule has 140 valence electrons. The van der Waals surface area contributed by atoms with E-state index in [0.717, 1.165) is 19.4 Å². The second kappa shape index (κ2) is 6.86. The number of carbonyl (C=O) groups is 1. The van der Waals surface area contributed by atoms with Gasteiger partial charge in [-0.15, -0.1) is 0 Å². The summed E-state index contributed by atoms with van der Waals surface area (Å²) in [7, 11) is 0. The van der Waals surface area contributed by atoms with Crippen LogP contribution in [0.4, 0.5) is 14.6 Å². The summed E-state index contributed by atoms with van der Waals surface area (Å²) in [4.78, 5) is 30.2. The van der Waals surface area contributed by atoms with Gasteiger partial charge < -0.3 is 10.6 Å². The van der Waals surface area contributed by atoms with Crippen molar-refractivity contribution in [3.05, 3.63) is 36.5 Å². The molecule has 2 N–H and O–H groups in total. The van der Waals surface area contributed by atoms with Crippen molar-refractivity contribution in [1.29, 1.82) is 0 Å². The number of hydrogen-bond acceptors (Lipinski definition) is 6. The standard InChI is InChI=1S/C17H17F2N7O/c18-15(19)11-9-26-12(6-23-14(26)7-22-11)17-21-4-3-13(24-17)25-5-1-2-10(8-25)16(20)27/h3-4,6-7,9-10,15H,1-2,5,8H2,(H2,20,27)/t10-/m0/s1. The van der Waals surface area contributed by atoms with Crippen LogP contribution in [0.5, 0.6) is 0 Å². The summed E-state index contributed by atoms with van der Waals surface area (Å²) in [5.41, 5.74) is 6.00. The van der Waals surface area contributed by atoms with Crippen LogP contribution in [0.1, 0.15) is 25.0 Å². The number of fused-ring (bicyclic) bond motifs is 1. The molecule has 4 rings (SSSR count). The van der Waals surface area contributed by atoms with Crippen molar-refractivity contribution in [3.8, 4) is 11.5 Å². The normalized spacial score (nSPS) is 17.6. The molecule has 0 aliphatic carbocycles. The van der Waals surface area contributed by atoms with Gasteiger partial charge in [-0.2, -0.15) is 0 Å². The van der Waals surface area contributed by atoms with Gasteiger partial charge in [-0.25, -0.2) is 28.7 Å². The van der Waals surface area contributed by atoms with E-state index < -0.39 is 6.43 Å². The molecular weight excluding hydrogens is 356 g/mol. The Kier molecular flexibility index (Phi) is 4.38. The van der Waals surface area contributed by atoms with Gasteiger partial charge in [-0.3, -0.25) is 9.20 Å². The van der Waals surface area contributed by atoms with E-state index in [2.05, 4.69) is 19.9 Å². The summed E-state index contributed by atoms with van der Waals surface area (Å²) < 4.78 is 27.4. The van der Waals surface area contributed by atoms with Crippen molar-refractivity contribution in [3.63, 3.8) is 0 Å². The molecule has 27 heavy (non-hydrogen) atoms. The van der Waals surface area contributed by atoms with E-state index in [1.54, 1.807) is 12.3 Å². The van der Waals surface area contributed by atoms with E-state index in [4.69, 9.17) is 5.73 Å². The molecule has 8 nitrogen and oxygen atoms in total. The van der Waals surface area contributed by atoms with Gasteiger partial charge in [0.1, 0.15) is 17.2 Å². The number of amides is 1. The maximum Gasteiger partial charge on any atom is 0.281 e. The molecule has 0 bridgehead atoms. The number of imidazole rings is 1. The van der Waals surface area contributed by atoms with E-state index in [1.165, 1.54) is 23.0 Å². The van der Waals surface area contributed by atoms with Gasteiger partial charge in [-0.05, 0) is 18.9 Å². The number of alkyl halides is 2. The number of piperidine rings is 1. The average molecular weight is 373 g/mol. The van der Waals surface area contributed by atoms with Crippen molar-refractivity contribution in [2.45, 2.75) is 19.3 Å². The highest BCUT2D eigenvalue weighted by molar-refractivity contribution is 5.77. The zero-order chi connectivity index (χ0) is 19.0. The van der Waals surface area contributed by atoms with Gasteiger partial charge in [0, 0.05) is 25.5 Å². The Morgan fingerprint density at radius 1 is 1.26 bits per heavy atom. The molecule has 0 unspecified atom stereocenters. The van der Waals surface area contributed by atoms with Gasteiger partial charge in [0.05, 0.1) is 18.3 Å². The molecule has 0 spiro atoms. The fourth-order valence-electron chi connectivity index (χ4n) is 3.25. The SMILES string of the molecule is NC(=O)[C@H]1CCCN(c2ccnc(-c3cnc4cnc(C(F)F)cn34)n2)C1. The number of halogens is 2. The Morgan fingerprint density at radius 3 is 2.89 bits per heavy atom. The molecule has 0 aromatic carbocycles. The fraction of sp³-hybridized carbons (Fsp3) is 0.353. The van der Waals surface area contributed by atoms with E-state index in [0.29, 0.717) is 29.5 Å². The summed E-state index contributed by atoms with van der Waals surface area (Å²) in [6.07, 6.45) is 4.57. The molecule has 10 heteroatoms. The van der Waals surface area contributed by atoms with Crippen LogP contribution in [0.15, 0.2) is 30.9 Å². The lowest BCUT2D eigenvalue weighted by Gasteiger charge is -2.32. The molecule has 1 fully saturated rings. The third-order valence-electron chi connectivity index (χ3n) is 4.66. The van der Waals surface area contributed by atoms with Crippen molar-refractivity contribution < 1.29 is 13.6 Å². The molecule has 4 heterocycles. The lowest BCUT2D eigenvalue weighted by Crippen LogP contribution is -2.41. The van der Waals surface area contributed by atoms with Crippen LogP contribution >= 0.6 is 0 Å². The molecule has 1 aliphatic heterocycles. The molecular formula is C17H17F2N7O. The number of nitrogens with zero attached hydrogens (tertiary/aromatic N) is 6. The Morgan fingerprint density at radius 2 is 2.11 bits per heavy atom. The molecule has 1 saturated heterocycles. The maximum atomic E-state index is 13.0. The second-order valence-electron chi connectivity index (χ2n) is 6.41. The zero-order valence-corrected chi connectivity index (χ0v) is 14.3. The number of anilines is 1. The fourth-order valence-corrected chi connectivity index (χ4v) is 3.25. The van der Waals surface area contributed by atoms with Crippen LogP contribution in [-0.4, -0.2) is 43.3 Å². The van der Waals surface area contributed by atoms with Crippen LogP contribution < -0.4 is 10.6 Å². The number of carbonyl (C=O) groups excluding carboxylic acids is 1. The highest BCUT2D eigenvalue weighted by Gasteiger charge is 2.25. The Labute approximate surface area is 153 Å². The minimum Gasteiger partial charge on any atom is -0.369 e. The number of hydrogen-bond donors (Lipinski definition) is 1. The van der Waals surface area contributed by atoms with Crippen LogP contribution in [0, 0.1) is 5.92 Å². The van der Waals surface area contributed by atoms with Gasteiger partial charge in [0.15, 0.2) is 11.5 Å². The first-order valence-corrected chi connectivity index (χ1v) is 8.52. The molecule has 1 atom stereocenters. The minimum atomic E-state index is -2.68. The number of rotatable bonds is 4. The molecule has 1 amide bonds. The third-order valence-corrected chi connectivity index (χ3v) is 4.66. The van der Waals surface area contributed by atoms with Crippen molar-refractivity contribution >= 4 is 17.4 Å². The topological polar surface area (TPSA) is 102 Å². The third kappa shape index (κ3) is 3.29. The van der Waals surface area contributed by atoms with Gasteiger partial charge in [0.25, 0.3) is 6.43 Å². The number of aromatic nitrogens is 5.